The number of likely N-dealkylation sites (N-methyl/N-ethyl adjacent to an activating group) is 1. The highest BCUT2D eigenvalue weighted by molar-refractivity contribution is 9.10. The molecule has 1 heterocycles. The van der Waals surface area contributed by atoms with E-state index in [2.05, 4.69) is 31.5 Å². The summed E-state index contributed by atoms with van der Waals surface area (Å²) in [7, 11) is 1.98. The molecule has 0 radical (unpaired) electrons. The molecule has 4 nitrogen and oxygen atoms in total. The fourth-order valence-electron chi connectivity index (χ4n) is 1.69. The predicted molar refractivity (Wildman–Crippen MR) is 72.1 cm³/mol. The van der Waals surface area contributed by atoms with E-state index in [-0.39, 0.29) is 5.91 Å². The van der Waals surface area contributed by atoms with Gasteiger partial charge in [-0.25, -0.2) is 0 Å². The van der Waals surface area contributed by atoms with Crippen molar-refractivity contribution in [1.82, 2.24) is 10.2 Å². The van der Waals surface area contributed by atoms with E-state index >= 15 is 0 Å². The van der Waals surface area contributed by atoms with Gasteiger partial charge >= 0.3 is 0 Å². The minimum atomic E-state index is 0.0197. The minimum Gasteiger partial charge on any atom is -0.324 e. The van der Waals surface area contributed by atoms with E-state index in [1.165, 1.54) is 0 Å². The predicted octanol–water partition coefficient (Wildman–Crippen LogP) is 1.29. The molecule has 0 unspecified atom stereocenters. The van der Waals surface area contributed by atoms with Crippen LogP contribution in [0.4, 0.5) is 5.69 Å². The van der Waals surface area contributed by atoms with Gasteiger partial charge in [-0.15, -0.1) is 0 Å². The van der Waals surface area contributed by atoms with Crippen LogP contribution in [0.5, 0.6) is 0 Å². The number of halogens is 1. The molecule has 1 aromatic rings. The summed E-state index contributed by atoms with van der Waals surface area (Å²) in [6, 6.07) is 8.11. The smallest absolute Gasteiger partial charge is 0.238 e. The van der Waals surface area contributed by atoms with Crippen LogP contribution < -0.4 is 10.6 Å². The van der Waals surface area contributed by atoms with Gasteiger partial charge in [-0.1, -0.05) is 12.1 Å². The van der Waals surface area contributed by atoms with E-state index in [1.807, 2.05) is 31.3 Å². The average Bonchev–Trinajstić information content (AvgIpc) is 2.18. The van der Waals surface area contributed by atoms with Gasteiger partial charge in [-0.2, -0.15) is 0 Å². The second kappa shape index (κ2) is 5.62. The van der Waals surface area contributed by atoms with E-state index < -0.39 is 0 Å². The lowest BCUT2D eigenvalue weighted by molar-refractivity contribution is -0.117. The molecule has 92 valence electrons. The number of hydrogen-bond acceptors (Lipinski definition) is 3. The van der Waals surface area contributed by atoms with Crippen LogP contribution in [-0.4, -0.2) is 43.5 Å². The van der Waals surface area contributed by atoms with Crippen molar-refractivity contribution in [3.63, 3.8) is 0 Å². The Bertz CT molecular complexity index is 406. The number of anilines is 1. The van der Waals surface area contributed by atoms with Crippen molar-refractivity contribution in [2.45, 2.75) is 6.04 Å². The summed E-state index contributed by atoms with van der Waals surface area (Å²) in [6.45, 7) is 2.37. The van der Waals surface area contributed by atoms with Gasteiger partial charge in [0.15, 0.2) is 0 Å². The molecule has 0 bridgehead atoms. The number of para-hydroxylation sites is 1. The van der Waals surface area contributed by atoms with Crippen LogP contribution >= 0.6 is 15.9 Å². The zero-order chi connectivity index (χ0) is 12.3. The zero-order valence-corrected chi connectivity index (χ0v) is 11.3. The third-order valence-electron chi connectivity index (χ3n) is 2.92. The monoisotopic (exact) mass is 297 g/mol. The Morgan fingerprint density at radius 1 is 1.53 bits per heavy atom. The molecule has 2 N–H and O–H groups in total. The molecule has 1 fully saturated rings. The van der Waals surface area contributed by atoms with Crippen LogP contribution in [0.25, 0.3) is 0 Å². The van der Waals surface area contributed by atoms with E-state index in [0.717, 1.165) is 23.2 Å². The van der Waals surface area contributed by atoms with Crippen molar-refractivity contribution in [2.24, 2.45) is 0 Å². The number of nitrogens with zero attached hydrogens (tertiary/aromatic N) is 1. The molecule has 2 rings (SSSR count). The molecule has 1 aliphatic heterocycles. The first-order chi connectivity index (χ1) is 8.16. The number of amides is 1. The Labute approximate surface area is 110 Å². The summed E-state index contributed by atoms with van der Waals surface area (Å²) in [5, 5.41) is 6.09. The lowest BCUT2D eigenvalue weighted by Crippen LogP contribution is -2.57. The van der Waals surface area contributed by atoms with Crippen LogP contribution in [0.3, 0.4) is 0 Å². The summed E-state index contributed by atoms with van der Waals surface area (Å²) in [5.74, 6) is 0.0197. The summed E-state index contributed by atoms with van der Waals surface area (Å²) in [4.78, 5) is 13.9. The normalized spacial score (nSPS) is 15.7. The van der Waals surface area contributed by atoms with E-state index in [9.17, 15) is 4.79 Å². The van der Waals surface area contributed by atoms with E-state index in [0.29, 0.717) is 12.6 Å². The highest BCUT2D eigenvalue weighted by Crippen LogP contribution is 2.21. The maximum atomic E-state index is 11.8. The van der Waals surface area contributed by atoms with Crippen molar-refractivity contribution < 1.29 is 4.79 Å². The maximum absolute atomic E-state index is 11.8. The van der Waals surface area contributed by atoms with E-state index in [4.69, 9.17) is 0 Å². The van der Waals surface area contributed by atoms with Gasteiger partial charge in [0.05, 0.1) is 12.2 Å². The van der Waals surface area contributed by atoms with Crippen molar-refractivity contribution >= 4 is 27.5 Å². The molecule has 0 atom stereocenters. The average molecular weight is 298 g/mol. The molecule has 0 saturated carbocycles. The number of hydrogen-bond donors (Lipinski definition) is 2. The maximum Gasteiger partial charge on any atom is 0.238 e. The summed E-state index contributed by atoms with van der Waals surface area (Å²) < 4.78 is 0.904. The zero-order valence-electron chi connectivity index (χ0n) is 9.74. The number of carbonyl (C=O) groups excluding carboxylic acids is 1. The lowest BCUT2D eigenvalue weighted by Gasteiger charge is -2.35. The first kappa shape index (κ1) is 12.5. The molecule has 5 heteroatoms. The van der Waals surface area contributed by atoms with Gasteiger partial charge in [-0.3, -0.25) is 9.69 Å². The van der Waals surface area contributed by atoms with Gasteiger partial charge in [0, 0.05) is 23.6 Å². The quantitative estimate of drug-likeness (QED) is 0.880. The third kappa shape index (κ3) is 3.28. The number of nitrogens with one attached hydrogen (secondary N) is 2. The Hall–Kier alpha value is -0.910. The first-order valence-corrected chi connectivity index (χ1v) is 6.41. The molecule has 1 amide bonds. The van der Waals surface area contributed by atoms with Crippen molar-refractivity contribution in [1.29, 1.82) is 0 Å². The summed E-state index contributed by atoms with van der Waals surface area (Å²) in [6.07, 6.45) is 0. The molecule has 0 spiro atoms. The van der Waals surface area contributed by atoms with Crippen LogP contribution in [0.15, 0.2) is 28.7 Å². The van der Waals surface area contributed by atoms with Crippen molar-refractivity contribution in [3.05, 3.63) is 28.7 Å². The fraction of sp³-hybridized carbons (Fsp3) is 0.417. The van der Waals surface area contributed by atoms with Crippen molar-refractivity contribution in [2.75, 3.05) is 32.0 Å². The molecule has 1 aromatic carbocycles. The molecule has 1 saturated heterocycles. The Morgan fingerprint density at radius 3 is 2.82 bits per heavy atom. The van der Waals surface area contributed by atoms with E-state index in [1.54, 1.807) is 0 Å². The number of carbonyl (C=O) groups is 1. The lowest BCUT2D eigenvalue weighted by atomic mass is 10.1. The Morgan fingerprint density at radius 2 is 2.24 bits per heavy atom. The van der Waals surface area contributed by atoms with Gasteiger partial charge in [0.1, 0.15) is 0 Å². The summed E-state index contributed by atoms with van der Waals surface area (Å²) in [5.41, 5.74) is 0.817. The SMILES string of the molecule is CN(CC(=O)Nc1ccccc1Br)C1CNC1. The largest absolute Gasteiger partial charge is 0.324 e. The minimum absolute atomic E-state index is 0.0197. The highest BCUT2D eigenvalue weighted by Gasteiger charge is 2.22. The van der Waals surface area contributed by atoms with Crippen LogP contribution in [-0.2, 0) is 4.79 Å². The molecular weight excluding hydrogens is 282 g/mol. The second-order valence-electron chi connectivity index (χ2n) is 4.26. The molecule has 0 aliphatic carbocycles. The van der Waals surface area contributed by atoms with Crippen LogP contribution in [0.2, 0.25) is 0 Å². The topological polar surface area (TPSA) is 44.4 Å². The Balaban J connectivity index is 1.86. The highest BCUT2D eigenvalue weighted by atomic mass is 79.9. The second-order valence-corrected chi connectivity index (χ2v) is 5.11. The van der Waals surface area contributed by atoms with Crippen LogP contribution in [0.1, 0.15) is 0 Å². The molecular formula is C12H16BrN3O. The molecule has 0 aromatic heterocycles. The molecule has 17 heavy (non-hydrogen) atoms. The fourth-order valence-corrected chi connectivity index (χ4v) is 2.08. The van der Waals surface area contributed by atoms with Crippen LogP contribution in [0, 0.1) is 0 Å². The summed E-state index contributed by atoms with van der Waals surface area (Å²) >= 11 is 3.41. The van der Waals surface area contributed by atoms with Crippen molar-refractivity contribution in [3.8, 4) is 0 Å². The molecule has 1 aliphatic rings. The van der Waals surface area contributed by atoms with Gasteiger partial charge < -0.3 is 10.6 Å². The third-order valence-corrected chi connectivity index (χ3v) is 3.62. The Kier molecular flexibility index (Phi) is 4.15. The number of benzene rings is 1. The van der Waals surface area contributed by atoms with Gasteiger partial charge in [0.25, 0.3) is 0 Å². The van der Waals surface area contributed by atoms with Gasteiger partial charge in [-0.05, 0) is 35.1 Å². The number of rotatable bonds is 4. The first-order valence-electron chi connectivity index (χ1n) is 5.62. The standard InChI is InChI=1S/C12H16BrN3O/c1-16(9-6-14-7-9)8-12(17)15-11-5-3-2-4-10(11)13/h2-5,9,14H,6-8H2,1H3,(H,15,17). The van der Waals surface area contributed by atoms with Gasteiger partial charge in [0.2, 0.25) is 5.91 Å².